The molecule has 0 bridgehead atoms. The molecule has 0 aliphatic rings. The maximum absolute atomic E-state index is 12.4. The summed E-state index contributed by atoms with van der Waals surface area (Å²) < 4.78 is 0.889. The van der Waals surface area contributed by atoms with Gasteiger partial charge >= 0.3 is 0 Å². The molecular weight excluding hydrogens is 444 g/mol. The molecule has 0 unspecified atom stereocenters. The number of hydrogen-bond acceptors (Lipinski definition) is 7. The van der Waals surface area contributed by atoms with Crippen LogP contribution in [0.5, 0.6) is 0 Å². The number of halogens is 1. The summed E-state index contributed by atoms with van der Waals surface area (Å²) in [4.78, 5) is 17.4. The van der Waals surface area contributed by atoms with E-state index in [4.69, 9.17) is 5.73 Å². The molecule has 8 heteroatoms. The number of thioether (sulfide) groups is 1. The molecule has 1 aromatic carbocycles. The fourth-order valence-electron chi connectivity index (χ4n) is 2.42. The van der Waals surface area contributed by atoms with Crippen LogP contribution in [0.25, 0.3) is 10.4 Å². The minimum Gasteiger partial charge on any atom is -0.383 e. The first-order valence-electron chi connectivity index (χ1n) is 7.64. The van der Waals surface area contributed by atoms with Gasteiger partial charge in [0.15, 0.2) is 5.78 Å². The van der Waals surface area contributed by atoms with Gasteiger partial charge in [-0.25, -0.2) is 4.98 Å². The van der Waals surface area contributed by atoms with Gasteiger partial charge in [-0.3, -0.25) is 4.79 Å². The molecule has 0 amide bonds. The van der Waals surface area contributed by atoms with Crippen molar-refractivity contribution in [1.82, 2.24) is 4.98 Å². The van der Waals surface area contributed by atoms with E-state index in [0.29, 0.717) is 16.2 Å². The number of aromatic nitrogens is 1. The number of nitrogens with two attached hydrogens (primary N) is 1. The smallest absolute Gasteiger partial charge is 0.173 e. The van der Waals surface area contributed by atoms with Gasteiger partial charge in [-0.1, -0.05) is 45.9 Å². The summed E-state index contributed by atoms with van der Waals surface area (Å²) in [6.45, 7) is 0. The number of benzene rings is 1. The van der Waals surface area contributed by atoms with E-state index in [9.17, 15) is 15.3 Å². The van der Waals surface area contributed by atoms with Crippen molar-refractivity contribution in [3.8, 4) is 22.6 Å². The zero-order valence-corrected chi connectivity index (χ0v) is 17.0. The van der Waals surface area contributed by atoms with Crippen molar-refractivity contribution < 1.29 is 4.79 Å². The Morgan fingerprint density at radius 1 is 1.19 bits per heavy atom. The summed E-state index contributed by atoms with van der Waals surface area (Å²) in [5, 5.41) is 21.4. The Kier molecular flexibility index (Phi) is 5.92. The number of pyridine rings is 1. The van der Waals surface area contributed by atoms with Crippen molar-refractivity contribution in [2.45, 2.75) is 5.03 Å². The second kappa shape index (κ2) is 8.36. The number of rotatable bonds is 5. The number of carbonyl (C=O) groups excluding carboxylic acids is 1. The summed E-state index contributed by atoms with van der Waals surface area (Å²) in [6, 6.07) is 14.9. The molecule has 0 spiro atoms. The van der Waals surface area contributed by atoms with E-state index in [1.54, 1.807) is 24.3 Å². The van der Waals surface area contributed by atoms with Crippen molar-refractivity contribution in [2.24, 2.45) is 0 Å². The minimum atomic E-state index is -0.0844. The van der Waals surface area contributed by atoms with E-state index >= 15 is 0 Å². The second-order valence-corrected chi connectivity index (χ2v) is 8.17. The molecule has 3 rings (SSSR count). The van der Waals surface area contributed by atoms with E-state index in [1.165, 1.54) is 11.3 Å². The van der Waals surface area contributed by atoms with Gasteiger partial charge in [-0.05, 0) is 23.6 Å². The highest BCUT2D eigenvalue weighted by molar-refractivity contribution is 9.10. The van der Waals surface area contributed by atoms with Gasteiger partial charge in [0.05, 0.1) is 11.3 Å². The molecule has 0 aliphatic carbocycles. The number of ketones is 1. The zero-order valence-electron chi connectivity index (χ0n) is 13.8. The molecule has 27 heavy (non-hydrogen) atoms. The Morgan fingerprint density at radius 3 is 2.48 bits per heavy atom. The molecule has 2 heterocycles. The van der Waals surface area contributed by atoms with Crippen molar-refractivity contribution >= 4 is 50.6 Å². The maximum atomic E-state index is 12.4. The number of hydrogen-bond donors (Lipinski definition) is 1. The fraction of sp³-hybridized carbons (Fsp3) is 0.0526. The van der Waals surface area contributed by atoms with E-state index < -0.39 is 0 Å². The van der Waals surface area contributed by atoms with Crippen LogP contribution in [0.4, 0.5) is 5.82 Å². The quantitative estimate of drug-likeness (QED) is 0.435. The number of nitrogens with zero attached hydrogens (tertiary/aromatic N) is 3. The molecular formula is C19H11BrN4OS2. The summed E-state index contributed by atoms with van der Waals surface area (Å²) >= 11 is 5.89. The molecule has 5 nitrogen and oxygen atoms in total. The molecule has 132 valence electrons. The number of nitriles is 2. The van der Waals surface area contributed by atoms with Crippen LogP contribution in [0.15, 0.2) is 51.3 Å². The monoisotopic (exact) mass is 454 g/mol. The molecule has 3 aromatic rings. The lowest BCUT2D eigenvalue weighted by molar-refractivity contribution is 0.102. The second-order valence-electron chi connectivity index (χ2n) is 5.35. The standard InChI is InChI=1S/C19H11BrN4OS2/c20-12-5-3-11(4-6-12)15(25)10-27-19-14(9-22)17(16-2-1-7-26-16)13(8-21)18(23)24-19/h1-7H,10H2,(H2,23,24). The highest BCUT2D eigenvalue weighted by Gasteiger charge is 2.21. The topological polar surface area (TPSA) is 104 Å². The normalized spacial score (nSPS) is 10.2. The summed E-state index contributed by atoms with van der Waals surface area (Å²) in [7, 11) is 0. The number of carbonyl (C=O) groups is 1. The SMILES string of the molecule is N#Cc1c(N)nc(SCC(=O)c2ccc(Br)cc2)c(C#N)c1-c1cccs1. The van der Waals surface area contributed by atoms with E-state index in [0.717, 1.165) is 21.1 Å². The van der Waals surface area contributed by atoms with E-state index in [-0.39, 0.29) is 28.5 Å². The zero-order chi connectivity index (χ0) is 19.4. The molecule has 0 saturated carbocycles. The number of nitrogen functional groups attached to an aromatic ring is 1. The third-order valence-electron chi connectivity index (χ3n) is 3.69. The molecule has 0 radical (unpaired) electrons. The lowest BCUT2D eigenvalue weighted by atomic mass is 10.0. The van der Waals surface area contributed by atoms with Crippen LogP contribution in [0.3, 0.4) is 0 Å². The number of thiophene rings is 1. The first-order valence-corrected chi connectivity index (χ1v) is 10.3. The molecule has 2 N–H and O–H groups in total. The van der Waals surface area contributed by atoms with Crippen LogP contribution in [-0.2, 0) is 0 Å². The van der Waals surface area contributed by atoms with Crippen LogP contribution < -0.4 is 5.73 Å². The third-order valence-corrected chi connectivity index (χ3v) is 6.08. The molecule has 0 atom stereocenters. The number of Topliss-reactive ketones (excluding diaryl/α,β-unsaturated/α-hetero) is 1. The summed E-state index contributed by atoms with van der Waals surface area (Å²) in [5.41, 5.74) is 7.44. The Bertz CT molecular complexity index is 1080. The van der Waals surface area contributed by atoms with Crippen LogP contribution in [0, 0.1) is 22.7 Å². The van der Waals surface area contributed by atoms with E-state index in [2.05, 4.69) is 27.0 Å². The molecule has 0 aliphatic heterocycles. The van der Waals surface area contributed by atoms with Gasteiger partial charge in [-0.15, -0.1) is 11.3 Å². The summed E-state index contributed by atoms with van der Waals surface area (Å²) in [6.07, 6.45) is 0. The van der Waals surface area contributed by atoms with Gasteiger partial charge < -0.3 is 5.73 Å². The Hall–Kier alpha value is -2.65. The summed E-state index contributed by atoms with van der Waals surface area (Å²) in [5.74, 6) is 0.0794. The average molecular weight is 455 g/mol. The van der Waals surface area contributed by atoms with Crippen molar-refractivity contribution in [1.29, 1.82) is 10.5 Å². The highest BCUT2D eigenvalue weighted by Crippen LogP contribution is 2.37. The molecule has 0 saturated heterocycles. The van der Waals surface area contributed by atoms with Crippen LogP contribution >= 0.6 is 39.0 Å². The first-order chi connectivity index (χ1) is 13.0. The third kappa shape index (κ3) is 4.04. The van der Waals surface area contributed by atoms with Crippen molar-refractivity contribution in [2.75, 3.05) is 11.5 Å². The lowest BCUT2D eigenvalue weighted by Gasteiger charge is -2.11. The average Bonchev–Trinajstić information content (AvgIpc) is 3.20. The van der Waals surface area contributed by atoms with Crippen molar-refractivity contribution in [3.05, 3.63) is 62.9 Å². The lowest BCUT2D eigenvalue weighted by Crippen LogP contribution is -2.06. The Labute approximate surface area is 172 Å². The van der Waals surface area contributed by atoms with Gasteiger partial charge in [0, 0.05) is 20.5 Å². The predicted octanol–water partition coefficient (Wildman–Crippen LogP) is 4.87. The Morgan fingerprint density at radius 2 is 1.89 bits per heavy atom. The predicted molar refractivity (Wildman–Crippen MR) is 111 cm³/mol. The van der Waals surface area contributed by atoms with Crippen LogP contribution in [-0.4, -0.2) is 16.5 Å². The molecule has 2 aromatic heterocycles. The van der Waals surface area contributed by atoms with Crippen molar-refractivity contribution in [3.63, 3.8) is 0 Å². The highest BCUT2D eigenvalue weighted by atomic mass is 79.9. The minimum absolute atomic E-state index is 0.0542. The fourth-order valence-corrected chi connectivity index (χ4v) is 4.36. The van der Waals surface area contributed by atoms with Gasteiger partial charge in [0.2, 0.25) is 0 Å². The van der Waals surface area contributed by atoms with Gasteiger partial charge in [0.1, 0.15) is 28.5 Å². The number of anilines is 1. The Balaban J connectivity index is 1.97. The van der Waals surface area contributed by atoms with Gasteiger partial charge in [0.25, 0.3) is 0 Å². The largest absolute Gasteiger partial charge is 0.383 e. The first kappa shape index (κ1) is 19.1. The van der Waals surface area contributed by atoms with Gasteiger partial charge in [-0.2, -0.15) is 10.5 Å². The van der Waals surface area contributed by atoms with Crippen LogP contribution in [0.2, 0.25) is 0 Å². The maximum Gasteiger partial charge on any atom is 0.173 e. The van der Waals surface area contributed by atoms with Crippen LogP contribution in [0.1, 0.15) is 21.5 Å². The molecule has 0 fully saturated rings. The van der Waals surface area contributed by atoms with E-state index in [1.807, 2.05) is 23.6 Å².